The van der Waals surface area contributed by atoms with E-state index in [1.807, 2.05) is 0 Å². The Morgan fingerprint density at radius 1 is 0.500 bits per heavy atom. The molecule has 0 amide bonds. The molecule has 36 heavy (non-hydrogen) atoms. The second-order valence-electron chi connectivity index (χ2n) is 9.71. The third-order valence-corrected chi connectivity index (χ3v) is 37.8. The molecule has 0 heterocycles. The van der Waals surface area contributed by atoms with Crippen molar-refractivity contribution < 1.29 is 45.4 Å². The molecule has 0 bridgehead atoms. The molecule has 0 nitrogen and oxygen atoms in total. The summed E-state index contributed by atoms with van der Waals surface area (Å²) in [7, 11) is 0. The van der Waals surface area contributed by atoms with Gasteiger partial charge in [-0.2, -0.15) is 0 Å². The normalized spacial score (nSPS) is 17.3. The van der Waals surface area contributed by atoms with E-state index in [4.69, 9.17) is 0 Å². The van der Waals surface area contributed by atoms with Crippen LogP contribution in [0.3, 0.4) is 0 Å². The maximum absolute atomic E-state index is 2.65. The van der Waals surface area contributed by atoms with Crippen molar-refractivity contribution in [2.75, 3.05) is 0 Å². The SMILES string of the molecule is C[SiH](C)[Hf+2]([CH]1C(c2ccccc2)=Cc2ccccc21)[CH]1C(c2ccccc2)=Cc2ccccc21.[Cl-].[Cl-]. The van der Waals surface area contributed by atoms with E-state index in [2.05, 4.69) is 134 Å². The molecule has 2 unspecified atom stereocenters. The Hall–Kier alpha value is -1.97. The van der Waals surface area contributed by atoms with Crippen LogP contribution in [0.2, 0.25) is 13.1 Å². The number of fused-ring (bicyclic) bond motifs is 2. The fourth-order valence-corrected chi connectivity index (χ4v) is 37.6. The van der Waals surface area contributed by atoms with Crippen molar-refractivity contribution in [1.82, 2.24) is 0 Å². The first kappa shape index (κ1) is 27.1. The topological polar surface area (TPSA) is 0 Å². The molecule has 0 fully saturated rings. The second kappa shape index (κ2) is 11.6. The van der Waals surface area contributed by atoms with Gasteiger partial charge in [-0.25, -0.2) is 0 Å². The smallest absolute Gasteiger partial charge is 1.00 e. The molecule has 0 N–H and O–H groups in total. The van der Waals surface area contributed by atoms with Crippen LogP contribution < -0.4 is 24.8 Å². The minimum absolute atomic E-state index is 0. The molecule has 2 aliphatic rings. The average molecular weight is 691 g/mol. The maximum Gasteiger partial charge on any atom is -1.00 e. The van der Waals surface area contributed by atoms with E-state index in [0.29, 0.717) is 7.35 Å². The van der Waals surface area contributed by atoms with E-state index < -0.39 is 26.6 Å². The van der Waals surface area contributed by atoms with Gasteiger partial charge in [0.05, 0.1) is 0 Å². The van der Waals surface area contributed by atoms with Crippen LogP contribution in [0.5, 0.6) is 0 Å². The zero-order valence-electron chi connectivity index (χ0n) is 20.5. The van der Waals surface area contributed by atoms with Gasteiger partial charge in [0.2, 0.25) is 0 Å². The van der Waals surface area contributed by atoms with E-state index in [9.17, 15) is 0 Å². The number of allylic oxidation sites excluding steroid dienone is 2. The number of halogens is 2. The van der Waals surface area contributed by atoms with E-state index >= 15 is 0 Å². The van der Waals surface area contributed by atoms with Gasteiger partial charge in [-0.1, -0.05) is 0 Å². The summed E-state index contributed by atoms with van der Waals surface area (Å²) < 4.78 is 1.25. The quantitative estimate of drug-likeness (QED) is 0.282. The molecule has 2 aliphatic carbocycles. The summed E-state index contributed by atoms with van der Waals surface area (Å²) in [4.78, 5) is 0. The Morgan fingerprint density at radius 2 is 0.861 bits per heavy atom. The summed E-state index contributed by atoms with van der Waals surface area (Å²) in [5.41, 5.74) is 12.1. The van der Waals surface area contributed by atoms with Crippen LogP contribution in [0.15, 0.2) is 109 Å². The molecular formula is C32H29Cl2HfSi. The predicted molar refractivity (Wildman–Crippen MR) is 146 cm³/mol. The summed E-state index contributed by atoms with van der Waals surface area (Å²) in [5.74, 6) is -0.902. The first-order valence-corrected chi connectivity index (χ1v) is 25.6. The molecule has 0 saturated heterocycles. The number of hydrogen-bond acceptors (Lipinski definition) is 0. The van der Waals surface area contributed by atoms with Crippen LogP contribution >= 0.6 is 0 Å². The van der Waals surface area contributed by atoms with Crippen LogP contribution in [0.4, 0.5) is 0 Å². The van der Waals surface area contributed by atoms with Crippen LogP contribution in [-0.2, 0) is 20.6 Å². The van der Waals surface area contributed by atoms with Gasteiger partial charge in [-0.15, -0.1) is 0 Å². The monoisotopic (exact) mass is 691 g/mol. The zero-order chi connectivity index (χ0) is 23.1. The number of rotatable bonds is 5. The van der Waals surface area contributed by atoms with Gasteiger partial charge in [0.1, 0.15) is 0 Å². The van der Waals surface area contributed by atoms with Gasteiger partial charge in [0.25, 0.3) is 0 Å². The van der Waals surface area contributed by atoms with Crippen molar-refractivity contribution in [3.63, 3.8) is 0 Å². The van der Waals surface area contributed by atoms with Crippen molar-refractivity contribution in [3.05, 3.63) is 143 Å². The Labute approximate surface area is 236 Å². The number of benzene rings is 4. The van der Waals surface area contributed by atoms with Gasteiger partial charge in [0, 0.05) is 0 Å². The Kier molecular flexibility index (Phi) is 8.73. The fraction of sp³-hybridized carbons (Fsp3) is 0.125. The first-order valence-electron chi connectivity index (χ1n) is 12.3. The van der Waals surface area contributed by atoms with E-state index in [-0.39, 0.29) is 24.8 Å². The summed E-state index contributed by atoms with van der Waals surface area (Å²) in [6, 6.07) is 40.9. The van der Waals surface area contributed by atoms with Crippen molar-refractivity contribution >= 4 is 29.3 Å². The van der Waals surface area contributed by atoms with Gasteiger partial charge in [-0.3, -0.25) is 0 Å². The molecular weight excluding hydrogens is 662 g/mol. The molecule has 0 aliphatic heterocycles. The van der Waals surface area contributed by atoms with Crippen molar-refractivity contribution in [3.8, 4) is 0 Å². The third-order valence-electron chi connectivity index (χ3n) is 7.41. The van der Waals surface area contributed by atoms with E-state index in [1.54, 1.807) is 22.3 Å². The molecule has 6 rings (SSSR count). The van der Waals surface area contributed by atoms with Crippen molar-refractivity contribution in [2.24, 2.45) is 0 Å². The van der Waals surface area contributed by atoms with Crippen LogP contribution in [0.1, 0.15) is 40.7 Å². The fourth-order valence-electron chi connectivity index (χ4n) is 5.96. The number of hydrogen-bond donors (Lipinski definition) is 0. The minimum Gasteiger partial charge on any atom is -1.00 e. The molecule has 4 aromatic carbocycles. The first-order chi connectivity index (χ1) is 16.7. The summed E-state index contributed by atoms with van der Waals surface area (Å²) >= 11 is -2.36. The molecule has 179 valence electrons. The molecule has 4 heteroatoms. The van der Waals surface area contributed by atoms with Crippen molar-refractivity contribution in [2.45, 2.75) is 20.4 Å². The second-order valence-corrected chi connectivity index (χ2v) is 37.7. The van der Waals surface area contributed by atoms with Crippen molar-refractivity contribution in [1.29, 1.82) is 0 Å². The van der Waals surface area contributed by atoms with Gasteiger partial charge in [-0.05, 0) is 0 Å². The third kappa shape index (κ3) is 4.81. The predicted octanol–water partition coefficient (Wildman–Crippen LogP) is 2.19. The Bertz CT molecular complexity index is 1290. The van der Waals surface area contributed by atoms with Crippen LogP contribution in [0.25, 0.3) is 23.3 Å². The van der Waals surface area contributed by atoms with Gasteiger partial charge in [0.15, 0.2) is 0 Å². The molecule has 0 spiro atoms. The zero-order valence-corrected chi connectivity index (χ0v) is 26.8. The Morgan fingerprint density at radius 3 is 1.25 bits per heavy atom. The van der Waals surface area contributed by atoms with Crippen LogP contribution in [0, 0.1) is 0 Å². The van der Waals surface area contributed by atoms with E-state index in [1.165, 1.54) is 22.3 Å². The van der Waals surface area contributed by atoms with E-state index in [0.717, 1.165) is 0 Å². The Balaban J connectivity index is 0.00000152. The molecule has 0 saturated carbocycles. The van der Waals surface area contributed by atoms with Gasteiger partial charge < -0.3 is 24.8 Å². The molecule has 0 radical (unpaired) electrons. The summed E-state index contributed by atoms with van der Waals surface area (Å²) in [6.45, 7) is 5.30. The maximum atomic E-state index is 2.65. The standard InChI is InChI=1S/2C15H11.C2H7Si.2ClH.Hf/c2*1-2-6-12(7-3-1)15-10-13-8-4-5-9-14(13)11-15;1-3-2;;;/h2*1-11H;3H,1-2H3;2*1H;/q;;;;;+2/p-2. The molecule has 4 aromatic rings. The average Bonchev–Trinajstić information content (AvgIpc) is 3.45. The largest absolute Gasteiger partial charge is 1.00 e. The van der Waals surface area contributed by atoms with Crippen LogP contribution in [-0.4, -0.2) is 5.98 Å². The summed E-state index contributed by atoms with van der Waals surface area (Å²) in [5, 5.41) is 0. The summed E-state index contributed by atoms with van der Waals surface area (Å²) in [6.07, 6.45) is 5.03. The molecule has 2 atom stereocenters. The van der Waals surface area contributed by atoms with Gasteiger partial charge >= 0.3 is 213 Å². The minimum atomic E-state index is -2.36. The molecule has 0 aromatic heterocycles.